The number of H-pyrrole nitrogens is 1. The Morgan fingerprint density at radius 1 is 1.57 bits per heavy atom. The molecule has 1 aliphatic rings. The van der Waals surface area contributed by atoms with Crippen LogP contribution in [0.25, 0.3) is 17.0 Å². The van der Waals surface area contributed by atoms with Crippen molar-refractivity contribution in [1.29, 1.82) is 0 Å². The van der Waals surface area contributed by atoms with E-state index in [9.17, 15) is 4.79 Å². The number of aromatic nitrogens is 1. The number of esters is 1. The van der Waals surface area contributed by atoms with Crippen LogP contribution >= 0.6 is 27.5 Å². The molecule has 1 unspecified atom stereocenters. The minimum atomic E-state index is -0.355. The Hall–Kier alpha value is -1.26. The fraction of sp³-hybridized carbons (Fsp3) is 0.312. The molecule has 0 saturated heterocycles. The minimum absolute atomic E-state index is 0.338. The maximum Gasteiger partial charge on any atom is 0.340 e. The molecule has 0 spiro atoms. The van der Waals surface area contributed by atoms with E-state index in [1.165, 1.54) is 5.56 Å². The van der Waals surface area contributed by atoms with Gasteiger partial charge in [-0.15, -0.1) is 0 Å². The van der Waals surface area contributed by atoms with Crippen molar-refractivity contribution in [3.05, 3.63) is 38.5 Å². The molecule has 1 N–H and O–H groups in total. The molecule has 0 amide bonds. The maximum atomic E-state index is 12.2. The number of nitrogens with one attached hydrogen (secondary N) is 1. The van der Waals surface area contributed by atoms with E-state index < -0.39 is 0 Å². The molecular formula is C16H15BrClNO2. The predicted octanol–water partition coefficient (Wildman–Crippen LogP) is 5.28. The number of fused-ring (bicyclic) bond motifs is 3. The average molecular weight is 369 g/mol. The summed E-state index contributed by atoms with van der Waals surface area (Å²) in [5, 5.41) is 1.51. The van der Waals surface area contributed by atoms with Gasteiger partial charge in [0.05, 0.1) is 22.7 Å². The zero-order chi connectivity index (χ0) is 15.1. The highest BCUT2D eigenvalue weighted by atomic mass is 79.9. The van der Waals surface area contributed by atoms with Gasteiger partial charge in [-0.05, 0) is 52.9 Å². The van der Waals surface area contributed by atoms with Crippen LogP contribution in [0.2, 0.25) is 5.02 Å². The van der Waals surface area contributed by atoms with E-state index in [1.807, 2.05) is 0 Å². The molecule has 1 heterocycles. The molecule has 0 bridgehead atoms. The van der Waals surface area contributed by atoms with Gasteiger partial charge >= 0.3 is 5.97 Å². The molecule has 0 aliphatic heterocycles. The second-order valence-electron chi connectivity index (χ2n) is 5.18. The topological polar surface area (TPSA) is 42.1 Å². The summed E-state index contributed by atoms with van der Waals surface area (Å²) in [5.41, 5.74) is 3.51. The molecule has 5 heteroatoms. The Morgan fingerprint density at radius 2 is 2.33 bits per heavy atom. The Balaban J connectivity index is 2.35. The first-order chi connectivity index (χ1) is 10.0. The molecule has 1 atom stereocenters. The van der Waals surface area contributed by atoms with Gasteiger partial charge in [-0.1, -0.05) is 24.6 Å². The van der Waals surface area contributed by atoms with Gasteiger partial charge in [0.1, 0.15) is 0 Å². The Labute approximate surface area is 136 Å². The number of aromatic amines is 1. The van der Waals surface area contributed by atoms with E-state index in [4.69, 9.17) is 16.3 Å². The van der Waals surface area contributed by atoms with Gasteiger partial charge in [-0.2, -0.15) is 0 Å². The Morgan fingerprint density at radius 3 is 3.05 bits per heavy atom. The highest BCUT2D eigenvalue weighted by Gasteiger charge is 2.25. The monoisotopic (exact) mass is 367 g/mol. The zero-order valence-corrected chi connectivity index (χ0v) is 14.1. The first kappa shape index (κ1) is 14.7. The first-order valence-corrected chi connectivity index (χ1v) is 8.08. The number of hydrogen-bond donors (Lipinski definition) is 1. The standard InChI is InChI=1S/C16H15BrClNO2/c1-3-21-16(20)9-7-10(18)14(17)13-12-8(2)5-4-6-11(12)19-15(9)13/h4,6-8,19H,3,5H2,1-2H3. The van der Waals surface area contributed by atoms with E-state index in [0.29, 0.717) is 23.1 Å². The van der Waals surface area contributed by atoms with E-state index in [1.54, 1.807) is 13.0 Å². The number of hydrogen-bond acceptors (Lipinski definition) is 2. The molecule has 1 aliphatic carbocycles. The van der Waals surface area contributed by atoms with Gasteiger partial charge in [0.15, 0.2) is 0 Å². The lowest BCUT2D eigenvalue weighted by atomic mass is 9.90. The molecular weight excluding hydrogens is 354 g/mol. The number of carbonyl (C=O) groups is 1. The fourth-order valence-electron chi connectivity index (χ4n) is 2.87. The highest BCUT2D eigenvalue weighted by molar-refractivity contribution is 9.10. The van der Waals surface area contributed by atoms with Crippen LogP contribution in [-0.4, -0.2) is 17.6 Å². The second-order valence-corrected chi connectivity index (χ2v) is 6.38. The third-order valence-electron chi connectivity index (χ3n) is 3.80. The average Bonchev–Trinajstić information content (AvgIpc) is 2.84. The summed E-state index contributed by atoms with van der Waals surface area (Å²) in [6, 6.07) is 1.66. The zero-order valence-electron chi connectivity index (χ0n) is 11.8. The molecule has 0 saturated carbocycles. The molecule has 1 aromatic heterocycles. The number of benzene rings is 1. The molecule has 0 radical (unpaired) electrons. The van der Waals surface area contributed by atoms with Crippen LogP contribution in [-0.2, 0) is 4.74 Å². The number of halogens is 2. The van der Waals surface area contributed by atoms with Crippen LogP contribution in [0, 0.1) is 0 Å². The van der Waals surface area contributed by atoms with Crippen LogP contribution in [0.4, 0.5) is 0 Å². The van der Waals surface area contributed by atoms with Crippen molar-refractivity contribution < 1.29 is 9.53 Å². The molecule has 2 aromatic rings. The van der Waals surface area contributed by atoms with Crippen molar-refractivity contribution in [2.75, 3.05) is 6.61 Å². The predicted molar refractivity (Wildman–Crippen MR) is 89.0 cm³/mol. The fourth-order valence-corrected chi connectivity index (χ4v) is 3.60. The van der Waals surface area contributed by atoms with Crippen LogP contribution < -0.4 is 0 Å². The molecule has 110 valence electrons. The summed E-state index contributed by atoms with van der Waals surface area (Å²) in [7, 11) is 0. The lowest BCUT2D eigenvalue weighted by Gasteiger charge is -2.15. The summed E-state index contributed by atoms with van der Waals surface area (Å²) in [5.74, 6) is 0.0238. The number of ether oxygens (including phenoxy) is 1. The van der Waals surface area contributed by atoms with Crippen LogP contribution in [0.3, 0.4) is 0 Å². The van der Waals surface area contributed by atoms with Crippen molar-refractivity contribution in [3.8, 4) is 0 Å². The molecule has 21 heavy (non-hydrogen) atoms. The minimum Gasteiger partial charge on any atom is -0.462 e. The third-order valence-corrected chi connectivity index (χ3v) is 5.15. The number of carbonyl (C=O) groups excluding carboxylic acids is 1. The summed E-state index contributed by atoms with van der Waals surface area (Å²) >= 11 is 9.86. The van der Waals surface area contributed by atoms with Gasteiger partial charge in [0.25, 0.3) is 0 Å². The Bertz CT molecular complexity index is 763. The smallest absolute Gasteiger partial charge is 0.340 e. The van der Waals surface area contributed by atoms with E-state index >= 15 is 0 Å². The quantitative estimate of drug-likeness (QED) is 0.733. The van der Waals surface area contributed by atoms with Crippen molar-refractivity contribution in [2.24, 2.45) is 0 Å². The van der Waals surface area contributed by atoms with E-state index in [2.05, 4.69) is 40.0 Å². The van der Waals surface area contributed by atoms with Crippen molar-refractivity contribution in [3.63, 3.8) is 0 Å². The molecule has 3 nitrogen and oxygen atoms in total. The first-order valence-electron chi connectivity index (χ1n) is 6.91. The summed E-state index contributed by atoms with van der Waals surface area (Å²) < 4.78 is 5.96. The highest BCUT2D eigenvalue weighted by Crippen LogP contribution is 2.43. The molecule has 1 aromatic carbocycles. The third kappa shape index (κ3) is 2.30. The van der Waals surface area contributed by atoms with Gasteiger partial charge in [0.2, 0.25) is 0 Å². The van der Waals surface area contributed by atoms with Gasteiger partial charge in [-0.3, -0.25) is 0 Å². The summed E-state index contributed by atoms with van der Waals surface area (Å²) in [4.78, 5) is 15.5. The van der Waals surface area contributed by atoms with Gasteiger partial charge in [-0.25, -0.2) is 4.79 Å². The second kappa shape index (κ2) is 5.50. The normalized spacial score (nSPS) is 17.0. The maximum absolute atomic E-state index is 12.2. The lowest BCUT2D eigenvalue weighted by molar-refractivity contribution is 0.0528. The molecule has 0 fully saturated rings. The van der Waals surface area contributed by atoms with E-state index in [-0.39, 0.29) is 5.97 Å². The SMILES string of the molecule is CCOC(=O)c1cc(Cl)c(Br)c2c3c([nH]c12)C=CCC3C. The summed E-state index contributed by atoms with van der Waals surface area (Å²) in [6.07, 6.45) is 5.18. The molecule has 3 rings (SSSR count). The summed E-state index contributed by atoms with van der Waals surface area (Å²) in [6.45, 7) is 4.30. The van der Waals surface area contributed by atoms with Crippen molar-refractivity contribution in [2.45, 2.75) is 26.2 Å². The van der Waals surface area contributed by atoms with Crippen molar-refractivity contribution in [1.82, 2.24) is 4.98 Å². The number of allylic oxidation sites excluding steroid dienone is 1. The lowest BCUT2D eigenvalue weighted by Crippen LogP contribution is -2.05. The Kier molecular flexibility index (Phi) is 3.84. The van der Waals surface area contributed by atoms with Gasteiger partial charge < -0.3 is 9.72 Å². The number of rotatable bonds is 2. The van der Waals surface area contributed by atoms with Crippen LogP contribution in [0.5, 0.6) is 0 Å². The van der Waals surface area contributed by atoms with Crippen LogP contribution in [0.15, 0.2) is 16.6 Å². The van der Waals surface area contributed by atoms with E-state index in [0.717, 1.165) is 27.5 Å². The van der Waals surface area contributed by atoms with Crippen LogP contribution in [0.1, 0.15) is 47.8 Å². The largest absolute Gasteiger partial charge is 0.462 e. The van der Waals surface area contributed by atoms with Gasteiger partial charge in [0, 0.05) is 15.6 Å². The van der Waals surface area contributed by atoms with Crippen molar-refractivity contribution >= 4 is 50.5 Å².